The van der Waals surface area contributed by atoms with Gasteiger partial charge in [0.15, 0.2) is 0 Å². The molecule has 0 saturated heterocycles. The molecule has 0 amide bonds. The molecule has 1 aliphatic rings. The summed E-state index contributed by atoms with van der Waals surface area (Å²) in [6.45, 7) is 7.03. The lowest BCUT2D eigenvalue weighted by atomic mass is 10.0. The van der Waals surface area contributed by atoms with Gasteiger partial charge < -0.3 is 10.0 Å². The van der Waals surface area contributed by atoms with Crippen LogP contribution in [0, 0.1) is 13.8 Å². The largest absolute Gasteiger partial charge is 0.387 e. The molecule has 110 valence electrons. The van der Waals surface area contributed by atoms with Crippen molar-refractivity contribution in [3.05, 3.63) is 64.7 Å². The Labute approximate surface area is 127 Å². The molecule has 0 fully saturated rings. The lowest BCUT2D eigenvalue weighted by Gasteiger charge is -2.28. The van der Waals surface area contributed by atoms with E-state index in [9.17, 15) is 5.11 Å². The van der Waals surface area contributed by atoms with Crippen LogP contribution in [0.3, 0.4) is 0 Å². The highest BCUT2D eigenvalue weighted by molar-refractivity contribution is 5.59. The summed E-state index contributed by atoms with van der Waals surface area (Å²) in [4.78, 5) is 2.34. The van der Waals surface area contributed by atoms with Gasteiger partial charge in [0.25, 0.3) is 0 Å². The van der Waals surface area contributed by atoms with E-state index in [1.54, 1.807) is 0 Å². The van der Waals surface area contributed by atoms with Crippen LogP contribution in [0.2, 0.25) is 0 Å². The Bertz CT molecular complexity index is 650. The molecule has 1 heterocycles. The second-order valence-corrected chi connectivity index (χ2v) is 6.21. The topological polar surface area (TPSA) is 23.5 Å². The van der Waals surface area contributed by atoms with Gasteiger partial charge in [0.2, 0.25) is 0 Å². The molecule has 0 bridgehead atoms. The number of hydrogen-bond donors (Lipinski definition) is 1. The Kier molecular flexibility index (Phi) is 3.73. The number of anilines is 1. The highest BCUT2D eigenvalue weighted by Gasteiger charge is 2.27. The molecule has 3 rings (SSSR count). The molecule has 2 aromatic rings. The van der Waals surface area contributed by atoms with Gasteiger partial charge in [-0.3, -0.25) is 0 Å². The van der Waals surface area contributed by atoms with Crippen LogP contribution in [0.25, 0.3) is 0 Å². The molecule has 0 aliphatic carbocycles. The summed E-state index contributed by atoms with van der Waals surface area (Å²) in [6, 6.07) is 15.3. The van der Waals surface area contributed by atoms with E-state index in [1.807, 2.05) is 0 Å². The molecule has 0 aromatic heterocycles. The maximum absolute atomic E-state index is 10.7. The number of hydrogen-bond acceptors (Lipinski definition) is 2. The van der Waals surface area contributed by atoms with Gasteiger partial charge in [-0.1, -0.05) is 42.0 Å². The van der Waals surface area contributed by atoms with E-state index in [2.05, 4.69) is 68.1 Å². The van der Waals surface area contributed by atoms with Crippen LogP contribution in [0.4, 0.5) is 5.69 Å². The summed E-state index contributed by atoms with van der Waals surface area (Å²) in [5.41, 5.74) is 6.07. The summed E-state index contributed by atoms with van der Waals surface area (Å²) < 4.78 is 0. The molecule has 21 heavy (non-hydrogen) atoms. The van der Waals surface area contributed by atoms with Crippen LogP contribution < -0.4 is 4.90 Å². The fraction of sp³-hybridized carbons (Fsp3) is 0.368. The van der Waals surface area contributed by atoms with Crippen LogP contribution in [0.15, 0.2) is 42.5 Å². The monoisotopic (exact) mass is 281 g/mol. The summed E-state index contributed by atoms with van der Waals surface area (Å²) in [6.07, 6.45) is 0.619. The third-order valence-electron chi connectivity index (χ3n) is 4.51. The SMILES string of the molecule is Cc1ccc(C)c(C(O)CN2c3ccccc3CC2C)c1. The molecular weight excluding hydrogens is 258 g/mol. The van der Waals surface area contributed by atoms with Gasteiger partial charge in [0.05, 0.1) is 6.10 Å². The number of nitrogens with zero attached hydrogens (tertiary/aromatic N) is 1. The molecule has 2 atom stereocenters. The van der Waals surface area contributed by atoms with Gasteiger partial charge in [0.1, 0.15) is 0 Å². The fourth-order valence-corrected chi connectivity index (χ4v) is 3.31. The zero-order valence-corrected chi connectivity index (χ0v) is 13.0. The second kappa shape index (κ2) is 5.53. The Morgan fingerprint density at radius 2 is 1.95 bits per heavy atom. The van der Waals surface area contributed by atoms with Crippen molar-refractivity contribution < 1.29 is 5.11 Å². The summed E-state index contributed by atoms with van der Waals surface area (Å²) in [5, 5.41) is 10.7. The van der Waals surface area contributed by atoms with Crippen LogP contribution in [0.5, 0.6) is 0 Å². The fourth-order valence-electron chi connectivity index (χ4n) is 3.31. The first-order valence-electron chi connectivity index (χ1n) is 7.66. The number of para-hydroxylation sites is 1. The summed E-state index contributed by atoms with van der Waals surface area (Å²) in [7, 11) is 0. The van der Waals surface area contributed by atoms with Crippen molar-refractivity contribution in [1.29, 1.82) is 0 Å². The normalized spacial score (nSPS) is 18.7. The Morgan fingerprint density at radius 3 is 2.76 bits per heavy atom. The number of aliphatic hydroxyl groups excluding tert-OH is 1. The maximum atomic E-state index is 10.7. The van der Waals surface area contributed by atoms with E-state index >= 15 is 0 Å². The molecule has 2 heteroatoms. The van der Waals surface area contributed by atoms with Gasteiger partial charge in [-0.15, -0.1) is 0 Å². The second-order valence-electron chi connectivity index (χ2n) is 6.21. The minimum absolute atomic E-state index is 0.446. The van der Waals surface area contributed by atoms with Crippen molar-refractivity contribution in [3.63, 3.8) is 0 Å². The van der Waals surface area contributed by atoms with E-state index < -0.39 is 6.10 Å². The van der Waals surface area contributed by atoms with E-state index in [4.69, 9.17) is 0 Å². The van der Waals surface area contributed by atoms with Crippen LogP contribution in [0.1, 0.15) is 35.3 Å². The van der Waals surface area contributed by atoms with Crippen molar-refractivity contribution in [3.8, 4) is 0 Å². The number of aliphatic hydroxyl groups is 1. The quantitative estimate of drug-likeness (QED) is 0.925. The Balaban J connectivity index is 1.85. The number of β-amino-alcohol motifs (C(OH)–C–C–N with tert-alkyl or cyclic N) is 1. The Hall–Kier alpha value is -1.80. The first kappa shape index (κ1) is 14.2. The molecular formula is C19H23NO. The van der Waals surface area contributed by atoms with Crippen LogP contribution in [-0.2, 0) is 6.42 Å². The molecule has 0 spiro atoms. The highest BCUT2D eigenvalue weighted by Crippen LogP contribution is 2.33. The number of fused-ring (bicyclic) bond motifs is 1. The molecule has 2 unspecified atom stereocenters. The first-order chi connectivity index (χ1) is 10.1. The van der Waals surface area contributed by atoms with E-state index in [0.29, 0.717) is 12.6 Å². The predicted molar refractivity (Wildman–Crippen MR) is 87.8 cm³/mol. The third-order valence-corrected chi connectivity index (χ3v) is 4.51. The van der Waals surface area contributed by atoms with Crippen molar-refractivity contribution in [2.45, 2.75) is 39.3 Å². The summed E-state index contributed by atoms with van der Waals surface area (Å²) >= 11 is 0. The average molecular weight is 281 g/mol. The van der Waals surface area contributed by atoms with E-state index in [1.165, 1.54) is 16.8 Å². The van der Waals surface area contributed by atoms with Gasteiger partial charge in [0, 0.05) is 18.3 Å². The Morgan fingerprint density at radius 1 is 1.19 bits per heavy atom. The lowest BCUT2D eigenvalue weighted by molar-refractivity contribution is 0.181. The zero-order valence-electron chi connectivity index (χ0n) is 13.0. The third kappa shape index (κ3) is 2.68. The van der Waals surface area contributed by atoms with Crippen molar-refractivity contribution in [1.82, 2.24) is 0 Å². The first-order valence-corrected chi connectivity index (χ1v) is 7.66. The molecule has 0 saturated carbocycles. The van der Waals surface area contributed by atoms with Gasteiger partial charge in [-0.25, -0.2) is 0 Å². The average Bonchev–Trinajstić information content (AvgIpc) is 2.78. The van der Waals surface area contributed by atoms with E-state index in [-0.39, 0.29) is 0 Å². The standard InChI is InChI=1S/C19H23NO/c1-13-8-9-14(2)17(10-13)19(21)12-20-15(3)11-16-6-4-5-7-18(16)20/h4-10,15,19,21H,11-12H2,1-3H3. The smallest absolute Gasteiger partial charge is 0.0967 e. The minimum atomic E-state index is -0.446. The highest BCUT2D eigenvalue weighted by atomic mass is 16.3. The van der Waals surface area contributed by atoms with Gasteiger partial charge >= 0.3 is 0 Å². The van der Waals surface area contributed by atoms with E-state index in [0.717, 1.165) is 17.5 Å². The van der Waals surface area contributed by atoms with Crippen LogP contribution >= 0.6 is 0 Å². The maximum Gasteiger partial charge on any atom is 0.0967 e. The van der Waals surface area contributed by atoms with Crippen LogP contribution in [-0.4, -0.2) is 17.7 Å². The molecule has 1 N–H and O–H groups in total. The number of aryl methyl sites for hydroxylation is 2. The van der Waals surface area contributed by atoms with Gasteiger partial charge in [-0.05, 0) is 49.9 Å². The molecule has 1 aliphatic heterocycles. The predicted octanol–water partition coefficient (Wildman–Crippen LogP) is 3.79. The van der Waals surface area contributed by atoms with Crippen molar-refractivity contribution >= 4 is 5.69 Å². The lowest BCUT2D eigenvalue weighted by Crippen LogP contribution is -2.33. The van der Waals surface area contributed by atoms with Crippen molar-refractivity contribution in [2.24, 2.45) is 0 Å². The minimum Gasteiger partial charge on any atom is -0.387 e. The summed E-state index contributed by atoms with van der Waals surface area (Å²) in [5.74, 6) is 0. The van der Waals surface area contributed by atoms with Gasteiger partial charge in [-0.2, -0.15) is 0 Å². The molecule has 2 aromatic carbocycles. The van der Waals surface area contributed by atoms with Crippen molar-refractivity contribution in [2.75, 3.05) is 11.4 Å². The number of benzene rings is 2. The molecule has 0 radical (unpaired) electrons. The zero-order chi connectivity index (χ0) is 15.0. The molecule has 2 nitrogen and oxygen atoms in total. The number of rotatable bonds is 3.